The molecule has 0 aliphatic carbocycles. The van der Waals surface area contributed by atoms with Crippen LogP contribution in [-0.2, 0) is 14.6 Å². The highest BCUT2D eigenvalue weighted by molar-refractivity contribution is 7.80. The van der Waals surface area contributed by atoms with Gasteiger partial charge in [-0.15, -0.1) is 0 Å². The van der Waals surface area contributed by atoms with Crippen LogP contribution in [-0.4, -0.2) is 29.8 Å². The van der Waals surface area contributed by atoms with E-state index in [0.717, 1.165) is 0 Å². The third-order valence-corrected chi connectivity index (χ3v) is 2.51. The van der Waals surface area contributed by atoms with E-state index in [1.54, 1.807) is 0 Å². The smallest absolute Gasteiger partial charge is 0.388 e. The van der Waals surface area contributed by atoms with E-state index >= 15 is 0 Å². The summed E-state index contributed by atoms with van der Waals surface area (Å²) in [6.07, 6.45) is 0.167. The number of hydrogen-bond donors (Lipinski definition) is 2. The summed E-state index contributed by atoms with van der Waals surface area (Å²) in [5.74, 6) is 0.375. The second-order valence-electron chi connectivity index (χ2n) is 4.64. The molecular weight excluding hydrogens is 220 g/mol. The zero-order chi connectivity index (χ0) is 12.3. The van der Waals surface area contributed by atoms with Crippen LogP contribution in [0.5, 0.6) is 0 Å². The summed E-state index contributed by atoms with van der Waals surface area (Å²) in [6, 6.07) is 0. The van der Waals surface area contributed by atoms with Gasteiger partial charge in [-0.1, -0.05) is 13.8 Å². The molecule has 0 aromatic rings. The molecule has 0 aliphatic rings. The molecule has 1 unspecified atom stereocenters. The van der Waals surface area contributed by atoms with Gasteiger partial charge in [0.15, 0.2) is 0 Å². The molecule has 0 saturated carbocycles. The molecule has 6 heteroatoms. The van der Waals surface area contributed by atoms with Crippen LogP contribution in [0.2, 0.25) is 0 Å². The second kappa shape index (κ2) is 5.25. The van der Waals surface area contributed by atoms with E-state index < -0.39 is 22.1 Å². The van der Waals surface area contributed by atoms with Crippen molar-refractivity contribution in [1.29, 1.82) is 0 Å². The van der Waals surface area contributed by atoms with E-state index in [-0.39, 0.29) is 0 Å². The molecule has 1 atom stereocenters. The molecule has 0 rings (SSSR count). The summed E-state index contributed by atoms with van der Waals surface area (Å²) in [7, 11) is -4.51. The maximum Gasteiger partial charge on any atom is 0.397 e. The number of rotatable bonds is 6. The van der Waals surface area contributed by atoms with Gasteiger partial charge in [0, 0.05) is 0 Å². The fourth-order valence-corrected chi connectivity index (χ4v) is 1.78. The molecular formula is C9H20O5S. The van der Waals surface area contributed by atoms with Gasteiger partial charge in [0.1, 0.15) is 6.10 Å². The Kier molecular flexibility index (Phi) is 5.19. The Balaban J connectivity index is 4.47. The summed E-state index contributed by atoms with van der Waals surface area (Å²) >= 11 is 0. The highest BCUT2D eigenvalue weighted by atomic mass is 32.3. The molecule has 0 aromatic heterocycles. The molecule has 2 N–H and O–H groups in total. The zero-order valence-corrected chi connectivity index (χ0v) is 10.4. The lowest BCUT2D eigenvalue weighted by atomic mass is 9.95. The predicted molar refractivity (Wildman–Crippen MR) is 56.8 cm³/mol. The van der Waals surface area contributed by atoms with Crippen molar-refractivity contribution in [3.63, 3.8) is 0 Å². The molecule has 0 aliphatic heterocycles. The van der Waals surface area contributed by atoms with Crippen molar-refractivity contribution >= 4 is 10.4 Å². The van der Waals surface area contributed by atoms with Crippen LogP contribution >= 0.6 is 0 Å². The maximum atomic E-state index is 10.6. The minimum Gasteiger partial charge on any atom is -0.388 e. The fraction of sp³-hybridized carbons (Fsp3) is 1.00. The summed E-state index contributed by atoms with van der Waals surface area (Å²) in [4.78, 5) is 0. The molecule has 15 heavy (non-hydrogen) atoms. The fourth-order valence-electron chi connectivity index (χ4n) is 1.15. The topological polar surface area (TPSA) is 83.8 Å². The highest BCUT2D eigenvalue weighted by Crippen LogP contribution is 2.21. The molecule has 92 valence electrons. The number of hydrogen-bond acceptors (Lipinski definition) is 4. The molecule has 0 aromatic carbocycles. The summed E-state index contributed by atoms with van der Waals surface area (Å²) < 4.78 is 34.1. The standard InChI is InChI=1S/C9H20O5S/c1-7(2)5-6-8(9(3,4)10)14-15(11,12)13/h7-8,10H,5-6H2,1-4H3,(H,11,12,13). The summed E-state index contributed by atoms with van der Waals surface area (Å²) in [6.45, 7) is 6.86. The lowest BCUT2D eigenvalue weighted by Gasteiger charge is -2.28. The van der Waals surface area contributed by atoms with Gasteiger partial charge in [-0.2, -0.15) is 8.42 Å². The molecule has 0 bridgehead atoms. The first-order chi connectivity index (χ1) is 6.52. The van der Waals surface area contributed by atoms with E-state index in [1.165, 1.54) is 13.8 Å². The first-order valence-electron chi connectivity index (χ1n) is 4.90. The Morgan fingerprint density at radius 1 is 1.27 bits per heavy atom. The lowest BCUT2D eigenvalue weighted by Crippen LogP contribution is -2.39. The minimum absolute atomic E-state index is 0.375. The van der Waals surface area contributed by atoms with Crippen molar-refractivity contribution in [3.05, 3.63) is 0 Å². The first-order valence-corrected chi connectivity index (χ1v) is 6.27. The van der Waals surface area contributed by atoms with Crippen LogP contribution in [0, 0.1) is 5.92 Å². The van der Waals surface area contributed by atoms with E-state index in [0.29, 0.717) is 18.8 Å². The van der Waals surface area contributed by atoms with E-state index in [2.05, 4.69) is 4.18 Å². The monoisotopic (exact) mass is 240 g/mol. The molecule has 5 nitrogen and oxygen atoms in total. The van der Waals surface area contributed by atoms with Crippen LogP contribution in [0.4, 0.5) is 0 Å². The quantitative estimate of drug-likeness (QED) is 0.685. The van der Waals surface area contributed by atoms with Crippen molar-refractivity contribution in [1.82, 2.24) is 0 Å². The molecule has 0 fully saturated rings. The van der Waals surface area contributed by atoms with Crippen molar-refractivity contribution < 1.29 is 22.3 Å². The zero-order valence-electron chi connectivity index (χ0n) is 9.60. The minimum atomic E-state index is -4.51. The van der Waals surface area contributed by atoms with Crippen LogP contribution in [0.1, 0.15) is 40.5 Å². The maximum absolute atomic E-state index is 10.6. The third-order valence-electron chi connectivity index (χ3n) is 2.03. The van der Waals surface area contributed by atoms with Crippen molar-refractivity contribution in [3.8, 4) is 0 Å². The van der Waals surface area contributed by atoms with Crippen LogP contribution in [0.25, 0.3) is 0 Å². The summed E-state index contributed by atoms with van der Waals surface area (Å²) in [5.41, 5.74) is -1.30. The van der Waals surface area contributed by atoms with E-state index in [4.69, 9.17) is 4.55 Å². The Hall–Kier alpha value is -0.170. The number of aliphatic hydroxyl groups is 1. The largest absolute Gasteiger partial charge is 0.397 e. The Bertz CT molecular complexity index is 275. The van der Waals surface area contributed by atoms with Gasteiger partial charge in [0.2, 0.25) is 0 Å². The van der Waals surface area contributed by atoms with Crippen LogP contribution < -0.4 is 0 Å². The SMILES string of the molecule is CC(C)CCC(OS(=O)(=O)O)C(C)(C)O. The van der Waals surface area contributed by atoms with Gasteiger partial charge in [-0.05, 0) is 32.6 Å². The molecule has 0 amide bonds. The van der Waals surface area contributed by atoms with Crippen molar-refractivity contribution in [2.45, 2.75) is 52.2 Å². The van der Waals surface area contributed by atoms with Gasteiger partial charge in [-0.25, -0.2) is 4.18 Å². The first kappa shape index (κ1) is 14.8. The summed E-state index contributed by atoms with van der Waals surface area (Å²) in [5, 5.41) is 9.65. The van der Waals surface area contributed by atoms with Gasteiger partial charge >= 0.3 is 10.4 Å². The van der Waals surface area contributed by atoms with Crippen LogP contribution in [0.15, 0.2) is 0 Å². The van der Waals surface area contributed by atoms with Crippen LogP contribution in [0.3, 0.4) is 0 Å². The lowest BCUT2D eigenvalue weighted by molar-refractivity contribution is -0.0408. The Morgan fingerprint density at radius 2 is 1.73 bits per heavy atom. The average molecular weight is 240 g/mol. The molecule has 0 spiro atoms. The Morgan fingerprint density at radius 3 is 2.00 bits per heavy atom. The molecule has 0 heterocycles. The average Bonchev–Trinajstić information content (AvgIpc) is 1.93. The van der Waals surface area contributed by atoms with Crippen molar-refractivity contribution in [2.75, 3.05) is 0 Å². The Labute approximate surface area is 91.4 Å². The second-order valence-corrected chi connectivity index (χ2v) is 5.69. The predicted octanol–water partition coefficient (Wildman–Crippen LogP) is 1.38. The van der Waals surface area contributed by atoms with Gasteiger partial charge in [0.05, 0.1) is 5.60 Å². The van der Waals surface area contributed by atoms with Gasteiger partial charge < -0.3 is 5.11 Å². The highest BCUT2D eigenvalue weighted by Gasteiger charge is 2.31. The molecule has 0 radical (unpaired) electrons. The van der Waals surface area contributed by atoms with E-state index in [9.17, 15) is 13.5 Å². The van der Waals surface area contributed by atoms with Gasteiger partial charge in [0.25, 0.3) is 0 Å². The normalized spacial score (nSPS) is 15.7. The molecule has 0 saturated heterocycles. The van der Waals surface area contributed by atoms with E-state index in [1.807, 2.05) is 13.8 Å². The third kappa shape index (κ3) is 7.72. The van der Waals surface area contributed by atoms with Crippen molar-refractivity contribution in [2.24, 2.45) is 5.92 Å². The van der Waals surface area contributed by atoms with Gasteiger partial charge in [-0.3, -0.25) is 4.55 Å².